The van der Waals surface area contributed by atoms with Gasteiger partial charge in [-0.05, 0) is 28.7 Å². The third-order valence-corrected chi connectivity index (χ3v) is 5.39. The molecule has 8 heteroatoms. The summed E-state index contributed by atoms with van der Waals surface area (Å²) < 4.78 is 44.2. The predicted octanol–water partition coefficient (Wildman–Crippen LogP) is 4.47. The minimum Gasteiger partial charge on any atom is -0.372 e. The molecular formula is C23H22F3N3O2. The zero-order chi connectivity index (χ0) is 22.8. The van der Waals surface area contributed by atoms with Crippen molar-refractivity contribution in [3.05, 3.63) is 65.5 Å². The minimum absolute atomic E-state index is 0.00811. The Bertz CT molecular complexity index is 1190. The molecule has 0 saturated carbocycles. The Kier molecular flexibility index (Phi) is 4.55. The highest BCUT2D eigenvalue weighted by Gasteiger charge is 2.61. The first-order valence-corrected chi connectivity index (χ1v) is 9.73. The largest absolute Gasteiger partial charge is 0.425 e. The number of carbonyl (C=O) groups excluding carboxylic acids is 1. The second kappa shape index (κ2) is 6.68. The number of halogens is 3. The van der Waals surface area contributed by atoms with Gasteiger partial charge in [0.15, 0.2) is 0 Å². The molecule has 1 aliphatic rings. The van der Waals surface area contributed by atoms with Crippen molar-refractivity contribution in [2.24, 2.45) is 11.1 Å². The van der Waals surface area contributed by atoms with E-state index in [2.05, 4.69) is 5.10 Å². The van der Waals surface area contributed by atoms with Crippen LogP contribution < -0.4 is 5.73 Å². The maximum atomic E-state index is 14.2. The third kappa shape index (κ3) is 3.31. The highest BCUT2D eigenvalue weighted by Crippen LogP contribution is 2.56. The first-order valence-electron chi connectivity index (χ1n) is 9.73. The van der Waals surface area contributed by atoms with Gasteiger partial charge in [-0.1, -0.05) is 45.0 Å². The molecule has 0 bridgehead atoms. The summed E-state index contributed by atoms with van der Waals surface area (Å²) in [5, 5.41) is 15.3. The fourth-order valence-electron chi connectivity index (χ4n) is 4.13. The van der Waals surface area contributed by atoms with Gasteiger partial charge < -0.3 is 10.8 Å². The van der Waals surface area contributed by atoms with Gasteiger partial charge in [0.2, 0.25) is 11.5 Å². The molecule has 1 aromatic heterocycles. The van der Waals surface area contributed by atoms with Crippen molar-refractivity contribution in [2.45, 2.75) is 39.1 Å². The molecule has 1 unspecified atom stereocenters. The number of amides is 1. The van der Waals surface area contributed by atoms with Crippen molar-refractivity contribution in [3.63, 3.8) is 0 Å². The summed E-state index contributed by atoms with van der Waals surface area (Å²) in [5.74, 6) is -0.874. The summed E-state index contributed by atoms with van der Waals surface area (Å²) in [6, 6.07) is 8.37. The SMILES string of the molecule is CC(C)(C)Cn1cc(-c2cc(C(N)=O)c3c(c2)C(O)(C(F)(F)F)c2ccccc2-3)cn1. The lowest BCUT2D eigenvalue weighted by Crippen LogP contribution is -2.41. The normalized spacial score (nSPS) is 18.0. The average Bonchev–Trinajstić information content (AvgIpc) is 3.21. The second-order valence-corrected chi connectivity index (χ2v) is 9.05. The first kappa shape index (κ1) is 21.1. The molecule has 0 aliphatic heterocycles. The van der Waals surface area contributed by atoms with Gasteiger partial charge in [0.25, 0.3) is 0 Å². The van der Waals surface area contributed by atoms with E-state index in [1.165, 1.54) is 36.5 Å². The van der Waals surface area contributed by atoms with E-state index in [0.717, 1.165) is 0 Å². The van der Waals surface area contributed by atoms with Gasteiger partial charge in [0, 0.05) is 40.6 Å². The number of primary amides is 1. The number of benzene rings is 2. The van der Waals surface area contributed by atoms with Crippen LogP contribution in [0.1, 0.15) is 42.3 Å². The Morgan fingerprint density at radius 2 is 1.81 bits per heavy atom. The number of hydrogen-bond donors (Lipinski definition) is 2. The highest BCUT2D eigenvalue weighted by atomic mass is 19.4. The Balaban J connectivity index is 1.97. The van der Waals surface area contributed by atoms with E-state index in [9.17, 15) is 23.1 Å². The molecule has 1 heterocycles. The quantitative estimate of drug-likeness (QED) is 0.645. The van der Waals surface area contributed by atoms with Crippen LogP contribution >= 0.6 is 0 Å². The van der Waals surface area contributed by atoms with Crippen molar-refractivity contribution in [3.8, 4) is 22.3 Å². The van der Waals surface area contributed by atoms with Gasteiger partial charge in [-0.2, -0.15) is 18.3 Å². The summed E-state index contributed by atoms with van der Waals surface area (Å²) in [6.07, 6.45) is -1.78. The van der Waals surface area contributed by atoms with Gasteiger partial charge >= 0.3 is 6.18 Å². The van der Waals surface area contributed by atoms with Crippen LogP contribution in [0.4, 0.5) is 13.2 Å². The van der Waals surface area contributed by atoms with Gasteiger partial charge in [-0.25, -0.2) is 0 Å². The van der Waals surface area contributed by atoms with Crippen LogP contribution in [0.3, 0.4) is 0 Å². The minimum atomic E-state index is -5.00. The van der Waals surface area contributed by atoms with Crippen LogP contribution in [0.2, 0.25) is 0 Å². The monoisotopic (exact) mass is 429 g/mol. The lowest BCUT2D eigenvalue weighted by Gasteiger charge is -2.28. The maximum absolute atomic E-state index is 14.2. The summed E-state index contributed by atoms with van der Waals surface area (Å²) in [6.45, 7) is 6.71. The molecule has 162 valence electrons. The molecule has 4 rings (SSSR count). The van der Waals surface area contributed by atoms with E-state index < -0.39 is 23.2 Å². The van der Waals surface area contributed by atoms with E-state index in [-0.39, 0.29) is 27.7 Å². The molecule has 3 aromatic rings. The fraction of sp³-hybridized carbons (Fsp3) is 0.304. The van der Waals surface area contributed by atoms with Crippen LogP contribution in [-0.2, 0) is 12.1 Å². The Hall–Kier alpha value is -3.13. The van der Waals surface area contributed by atoms with E-state index in [0.29, 0.717) is 17.7 Å². The van der Waals surface area contributed by atoms with Crippen LogP contribution in [0.25, 0.3) is 22.3 Å². The third-order valence-electron chi connectivity index (χ3n) is 5.39. The molecule has 3 N–H and O–H groups in total. The Labute approximate surface area is 177 Å². The van der Waals surface area contributed by atoms with Gasteiger partial charge in [-0.15, -0.1) is 0 Å². The first-order chi connectivity index (χ1) is 14.3. The number of nitrogens with two attached hydrogens (primary N) is 1. The number of hydrogen-bond acceptors (Lipinski definition) is 3. The number of rotatable bonds is 3. The Morgan fingerprint density at radius 1 is 1.13 bits per heavy atom. The van der Waals surface area contributed by atoms with E-state index in [1.807, 2.05) is 20.8 Å². The topological polar surface area (TPSA) is 81.1 Å². The van der Waals surface area contributed by atoms with Crippen LogP contribution in [-0.4, -0.2) is 27.0 Å². The number of aromatic nitrogens is 2. The number of fused-ring (bicyclic) bond motifs is 3. The molecule has 1 aliphatic carbocycles. The lowest BCUT2D eigenvalue weighted by atomic mass is 9.88. The lowest BCUT2D eigenvalue weighted by molar-refractivity contribution is -0.246. The van der Waals surface area contributed by atoms with Gasteiger partial charge in [-0.3, -0.25) is 9.48 Å². The highest BCUT2D eigenvalue weighted by molar-refractivity contribution is 6.04. The van der Waals surface area contributed by atoms with Crippen molar-refractivity contribution in [1.82, 2.24) is 9.78 Å². The zero-order valence-electron chi connectivity index (χ0n) is 17.3. The molecule has 5 nitrogen and oxygen atoms in total. The Morgan fingerprint density at radius 3 is 2.42 bits per heavy atom. The van der Waals surface area contributed by atoms with E-state index >= 15 is 0 Å². The summed E-state index contributed by atoms with van der Waals surface area (Å²) in [4.78, 5) is 12.2. The molecule has 2 aromatic carbocycles. The van der Waals surface area contributed by atoms with Crippen molar-refractivity contribution >= 4 is 5.91 Å². The van der Waals surface area contributed by atoms with Gasteiger partial charge in [0.05, 0.1) is 6.20 Å². The molecule has 0 saturated heterocycles. The molecule has 31 heavy (non-hydrogen) atoms. The van der Waals surface area contributed by atoms with Crippen LogP contribution in [0.5, 0.6) is 0 Å². The summed E-state index contributed by atoms with van der Waals surface area (Å²) in [7, 11) is 0. The zero-order valence-corrected chi connectivity index (χ0v) is 17.3. The van der Waals surface area contributed by atoms with Gasteiger partial charge in [0.1, 0.15) is 0 Å². The van der Waals surface area contributed by atoms with Crippen LogP contribution in [0.15, 0.2) is 48.8 Å². The molecular weight excluding hydrogens is 407 g/mol. The van der Waals surface area contributed by atoms with Crippen molar-refractivity contribution in [1.29, 1.82) is 0 Å². The molecule has 1 amide bonds. The molecule has 0 fully saturated rings. The van der Waals surface area contributed by atoms with E-state index in [1.54, 1.807) is 16.9 Å². The van der Waals surface area contributed by atoms with E-state index in [4.69, 9.17) is 5.73 Å². The predicted molar refractivity (Wildman–Crippen MR) is 110 cm³/mol. The molecule has 1 atom stereocenters. The summed E-state index contributed by atoms with van der Waals surface area (Å²) >= 11 is 0. The standard InChI is InChI=1S/C23H22F3N3O2/c1-21(2,3)12-29-11-14(10-28-29)13-8-16(20(27)30)19-15-6-4-5-7-17(15)22(31,18(19)9-13)23(24,25)26/h4-11,31H,12H2,1-3H3,(H2,27,30). The average molecular weight is 429 g/mol. The van der Waals surface area contributed by atoms with Crippen LogP contribution in [0, 0.1) is 5.41 Å². The molecule has 0 spiro atoms. The number of aliphatic hydroxyl groups is 1. The maximum Gasteiger partial charge on any atom is 0.425 e. The number of alkyl halides is 3. The fourth-order valence-corrected chi connectivity index (χ4v) is 4.13. The second-order valence-electron chi connectivity index (χ2n) is 9.05. The number of carbonyl (C=O) groups is 1. The number of nitrogens with zero attached hydrogens (tertiary/aromatic N) is 2. The van der Waals surface area contributed by atoms with Crippen molar-refractivity contribution < 1.29 is 23.1 Å². The smallest absolute Gasteiger partial charge is 0.372 e. The summed E-state index contributed by atoms with van der Waals surface area (Å²) in [5.41, 5.74) is 2.44. The molecule has 0 radical (unpaired) electrons. The van der Waals surface area contributed by atoms with Crippen molar-refractivity contribution in [2.75, 3.05) is 0 Å².